The molecular formula is C15H20N2O2. The lowest BCUT2D eigenvalue weighted by atomic mass is 9.87. The Labute approximate surface area is 113 Å². The Morgan fingerprint density at radius 3 is 2.42 bits per heavy atom. The molecule has 1 heterocycles. The summed E-state index contributed by atoms with van der Waals surface area (Å²) in [6, 6.07) is 8.88. The first kappa shape index (κ1) is 13.6. The van der Waals surface area contributed by atoms with E-state index >= 15 is 0 Å². The van der Waals surface area contributed by atoms with E-state index in [2.05, 4.69) is 10.6 Å². The zero-order valence-electron chi connectivity index (χ0n) is 11.6. The summed E-state index contributed by atoms with van der Waals surface area (Å²) in [5.41, 5.74) is -0.185. The normalized spacial score (nSPS) is 27.1. The van der Waals surface area contributed by atoms with Crippen LogP contribution in [0.2, 0.25) is 0 Å². The van der Waals surface area contributed by atoms with Crippen molar-refractivity contribution in [1.82, 2.24) is 10.6 Å². The van der Waals surface area contributed by atoms with Crippen molar-refractivity contribution in [2.75, 3.05) is 0 Å². The molecule has 2 amide bonds. The van der Waals surface area contributed by atoms with Crippen molar-refractivity contribution in [3.63, 3.8) is 0 Å². The second-order valence-corrected chi connectivity index (χ2v) is 5.64. The molecule has 0 bridgehead atoms. The van der Waals surface area contributed by atoms with Gasteiger partial charge in [-0.3, -0.25) is 9.59 Å². The summed E-state index contributed by atoms with van der Waals surface area (Å²) in [7, 11) is 0. The van der Waals surface area contributed by atoms with Crippen LogP contribution in [0.3, 0.4) is 0 Å². The predicted molar refractivity (Wildman–Crippen MR) is 73.3 cm³/mol. The molecule has 102 valence electrons. The molecule has 0 aromatic heterocycles. The number of nitrogens with one attached hydrogen (secondary N) is 2. The highest BCUT2D eigenvalue weighted by Crippen LogP contribution is 2.24. The molecular weight excluding hydrogens is 240 g/mol. The van der Waals surface area contributed by atoms with Gasteiger partial charge in [0.15, 0.2) is 0 Å². The number of hydrogen-bond donors (Lipinski definition) is 2. The van der Waals surface area contributed by atoms with E-state index in [1.165, 1.54) is 0 Å². The minimum Gasteiger partial charge on any atom is -0.342 e. The SMILES string of the molecule is CC(C)CC1NC(=O)C(C)(c2ccccc2)NC1=O. The lowest BCUT2D eigenvalue weighted by Gasteiger charge is -2.38. The highest BCUT2D eigenvalue weighted by atomic mass is 16.2. The Kier molecular flexibility index (Phi) is 3.60. The van der Waals surface area contributed by atoms with Gasteiger partial charge in [-0.2, -0.15) is 0 Å². The molecule has 1 fully saturated rings. The van der Waals surface area contributed by atoms with Crippen LogP contribution in [0.4, 0.5) is 0 Å². The van der Waals surface area contributed by atoms with Gasteiger partial charge < -0.3 is 10.6 Å². The fourth-order valence-electron chi connectivity index (χ4n) is 2.37. The van der Waals surface area contributed by atoms with Crippen LogP contribution in [0, 0.1) is 5.92 Å². The first-order valence-electron chi connectivity index (χ1n) is 6.62. The molecule has 1 saturated heterocycles. The van der Waals surface area contributed by atoms with Gasteiger partial charge >= 0.3 is 0 Å². The fourth-order valence-corrected chi connectivity index (χ4v) is 2.37. The number of amides is 2. The van der Waals surface area contributed by atoms with Crippen LogP contribution in [0.5, 0.6) is 0 Å². The van der Waals surface area contributed by atoms with Crippen molar-refractivity contribution in [1.29, 1.82) is 0 Å². The van der Waals surface area contributed by atoms with E-state index < -0.39 is 11.6 Å². The molecule has 1 aromatic carbocycles. The largest absolute Gasteiger partial charge is 0.342 e. The van der Waals surface area contributed by atoms with Crippen LogP contribution in [0.25, 0.3) is 0 Å². The van der Waals surface area contributed by atoms with Crippen LogP contribution in [-0.4, -0.2) is 17.9 Å². The van der Waals surface area contributed by atoms with Crippen molar-refractivity contribution in [2.24, 2.45) is 5.92 Å². The van der Waals surface area contributed by atoms with Crippen LogP contribution < -0.4 is 10.6 Å². The maximum Gasteiger partial charge on any atom is 0.250 e. The Morgan fingerprint density at radius 2 is 1.84 bits per heavy atom. The molecule has 0 radical (unpaired) electrons. The standard InChI is InChI=1S/C15H20N2O2/c1-10(2)9-12-13(18)17-15(3,14(19)16-12)11-7-5-4-6-8-11/h4-8,10,12H,9H2,1-3H3,(H,16,19)(H,17,18). The lowest BCUT2D eigenvalue weighted by molar-refractivity contribution is -0.141. The molecule has 0 saturated carbocycles. The molecule has 2 N–H and O–H groups in total. The molecule has 1 aromatic rings. The van der Waals surface area contributed by atoms with Crippen LogP contribution in [0.15, 0.2) is 30.3 Å². The topological polar surface area (TPSA) is 58.2 Å². The molecule has 4 heteroatoms. The summed E-state index contributed by atoms with van der Waals surface area (Å²) >= 11 is 0. The summed E-state index contributed by atoms with van der Waals surface area (Å²) in [5, 5.41) is 5.70. The van der Waals surface area contributed by atoms with Gasteiger partial charge in [-0.05, 0) is 24.8 Å². The molecule has 1 aliphatic rings. The summed E-state index contributed by atoms with van der Waals surface area (Å²) < 4.78 is 0. The van der Waals surface area contributed by atoms with Crippen molar-refractivity contribution < 1.29 is 9.59 Å². The second kappa shape index (κ2) is 5.03. The highest BCUT2D eigenvalue weighted by Gasteiger charge is 2.43. The smallest absolute Gasteiger partial charge is 0.250 e. The molecule has 2 rings (SSSR count). The average molecular weight is 260 g/mol. The summed E-state index contributed by atoms with van der Waals surface area (Å²) in [5.74, 6) is 0.0979. The monoisotopic (exact) mass is 260 g/mol. The lowest BCUT2D eigenvalue weighted by Crippen LogP contribution is -2.66. The first-order valence-corrected chi connectivity index (χ1v) is 6.62. The zero-order valence-corrected chi connectivity index (χ0v) is 11.6. The molecule has 4 nitrogen and oxygen atoms in total. The van der Waals surface area contributed by atoms with Crippen LogP contribution in [0.1, 0.15) is 32.8 Å². The zero-order chi connectivity index (χ0) is 14.0. The van der Waals surface area contributed by atoms with E-state index in [0.717, 1.165) is 5.56 Å². The van der Waals surface area contributed by atoms with Gasteiger partial charge in [0.2, 0.25) is 5.91 Å². The highest BCUT2D eigenvalue weighted by molar-refractivity contribution is 6.00. The number of piperazine rings is 1. The molecule has 1 aliphatic heterocycles. The minimum absolute atomic E-state index is 0.111. The second-order valence-electron chi connectivity index (χ2n) is 5.64. The van der Waals surface area contributed by atoms with Gasteiger partial charge in [-0.15, -0.1) is 0 Å². The van der Waals surface area contributed by atoms with Crippen molar-refractivity contribution in [2.45, 2.75) is 38.8 Å². The average Bonchev–Trinajstić information content (AvgIpc) is 2.36. The third-order valence-electron chi connectivity index (χ3n) is 3.51. The molecule has 0 spiro atoms. The molecule has 2 atom stereocenters. The summed E-state index contributed by atoms with van der Waals surface area (Å²) in [6.07, 6.45) is 0.655. The van der Waals surface area contributed by atoms with E-state index in [-0.39, 0.29) is 11.8 Å². The quantitative estimate of drug-likeness (QED) is 0.866. The Balaban J connectivity index is 2.23. The van der Waals surface area contributed by atoms with Gasteiger partial charge in [0.1, 0.15) is 11.6 Å². The number of hydrogen-bond acceptors (Lipinski definition) is 2. The minimum atomic E-state index is -0.980. The van der Waals surface area contributed by atoms with Crippen molar-refractivity contribution >= 4 is 11.8 Å². The van der Waals surface area contributed by atoms with Gasteiger partial charge in [0, 0.05) is 0 Å². The Hall–Kier alpha value is -1.84. The van der Waals surface area contributed by atoms with Gasteiger partial charge in [-0.1, -0.05) is 44.2 Å². The van der Waals surface area contributed by atoms with Crippen LogP contribution >= 0.6 is 0 Å². The van der Waals surface area contributed by atoms with E-state index in [4.69, 9.17) is 0 Å². The Bertz CT molecular complexity index is 484. The van der Waals surface area contributed by atoms with Crippen molar-refractivity contribution in [3.05, 3.63) is 35.9 Å². The van der Waals surface area contributed by atoms with Gasteiger partial charge in [-0.25, -0.2) is 0 Å². The number of rotatable bonds is 3. The van der Waals surface area contributed by atoms with E-state index in [9.17, 15) is 9.59 Å². The summed E-state index contributed by atoms with van der Waals surface area (Å²) in [6.45, 7) is 5.80. The maximum atomic E-state index is 12.3. The summed E-state index contributed by atoms with van der Waals surface area (Å²) in [4.78, 5) is 24.5. The fraction of sp³-hybridized carbons (Fsp3) is 0.467. The number of benzene rings is 1. The van der Waals surface area contributed by atoms with Gasteiger partial charge in [0.25, 0.3) is 5.91 Å². The first-order chi connectivity index (χ1) is 8.93. The van der Waals surface area contributed by atoms with Crippen LogP contribution in [-0.2, 0) is 15.1 Å². The van der Waals surface area contributed by atoms with E-state index in [1.807, 2.05) is 44.2 Å². The molecule has 19 heavy (non-hydrogen) atoms. The maximum absolute atomic E-state index is 12.3. The molecule has 2 unspecified atom stereocenters. The van der Waals surface area contributed by atoms with E-state index in [1.54, 1.807) is 6.92 Å². The number of carbonyl (C=O) groups is 2. The number of carbonyl (C=O) groups excluding carboxylic acids is 2. The Morgan fingerprint density at radius 1 is 1.21 bits per heavy atom. The third kappa shape index (κ3) is 2.62. The third-order valence-corrected chi connectivity index (χ3v) is 3.51. The van der Waals surface area contributed by atoms with Gasteiger partial charge in [0.05, 0.1) is 0 Å². The van der Waals surface area contributed by atoms with Crippen molar-refractivity contribution in [3.8, 4) is 0 Å². The predicted octanol–water partition coefficient (Wildman–Crippen LogP) is 1.56. The van der Waals surface area contributed by atoms with E-state index in [0.29, 0.717) is 12.3 Å². The molecule has 0 aliphatic carbocycles.